The highest BCUT2D eigenvalue weighted by Gasteiger charge is 2.26. The van der Waals surface area contributed by atoms with E-state index in [1.54, 1.807) is 22.7 Å². The lowest BCUT2D eigenvalue weighted by Crippen LogP contribution is -2.31. The molecule has 2 aromatic carbocycles. The van der Waals surface area contributed by atoms with Crippen molar-refractivity contribution in [3.8, 4) is 10.6 Å². The van der Waals surface area contributed by atoms with Gasteiger partial charge in [0.2, 0.25) is 5.91 Å². The SMILES string of the molecule is O=C(Cc1csc(Cc2ccccc2)n1)N[C@H]1CCCc2nc(-c3ccccc3)sc21. The second-order valence-electron chi connectivity index (χ2n) is 7.78. The smallest absolute Gasteiger partial charge is 0.226 e. The number of nitrogens with one attached hydrogen (secondary N) is 1. The Labute approximate surface area is 190 Å². The van der Waals surface area contributed by atoms with E-state index in [9.17, 15) is 4.79 Å². The lowest BCUT2D eigenvalue weighted by atomic mass is 9.98. The van der Waals surface area contributed by atoms with Gasteiger partial charge >= 0.3 is 0 Å². The number of rotatable bonds is 6. The van der Waals surface area contributed by atoms with E-state index in [2.05, 4.69) is 34.6 Å². The molecule has 2 aromatic heterocycles. The molecule has 156 valence electrons. The number of thiazole rings is 2. The number of carbonyl (C=O) groups excluding carboxylic acids is 1. The van der Waals surface area contributed by atoms with Crippen molar-refractivity contribution in [3.63, 3.8) is 0 Å². The quantitative estimate of drug-likeness (QED) is 0.421. The highest BCUT2D eigenvalue weighted by atomic mass is 32.1. The first-order valence-corrected chi connectivity index (χ1v) is 12.3. The molecule has 0 saturated heterocycles. The Bertz CT molecular complexity index is 1170. The minimum atomic E-state index is 0.0315. The van der Waals surface area contributed by atoms with Crippen molar-refractivity contribution in [1.29, 1.82) is 0 Å². The van der Waals surface area contributed by atoms with Crippen LogP contribution >= 0.6 is 22.7 Å². The summed E-state index contributed by atoms with van der Waals surface area (Å²) in [7, 11) is 0. The van der Waals surface area contributed by atoms with Gasteiger partial charge in [0, 0.05) is 17.4 Å². The van der Waals surface area contributed by atoms with Crippen LogP contribution < -0.4 is 5.32 Å². The average Bonchev–Trinajstić information content (AvgIpc) is 3.42. The first kappa shape index (κ1) is 20.1. The number of hydrogen-bond acceptors (Lipinski definition) is 5. The average molecular weight is 446 g/mol. The van der Waals surface area contributed by atoms with E-state index in [1.165, 1.54) is 10.4 Å². The molecular weight excluding hydrogens is 422 g/mol. The summed E-state index contributed by atoms with van der Waals surface area (Å²) in [6, 6.07) is 20.6. The number of benzene rings is 2. The molecule has 0 unspecified atom stereocenters. The molecule has 1 atom stereocenters. The van der Waals surface area contributed by atoms with Gasteiger partial charge in [0.15, 0.2) is 0 Å². The molecule has 5 rings (SSSR count). The number of fused-ring (bicyclic) bond motifs is 1. The zero-order valence-corrected chi connectivity index (χ0v) is 18.7. The summed E-state index contributed by atoms with van der Waals surface area (Å²) in [4.78, 5) is 23.5. The first-order valence-electron chi connectivity index (χ1n) is 10.6. The third kappa shape index (κ3) is 4.75. The Morgan fingerprint density at radius 1 is 1.03 bits per heavy atom. The highest BCUT2D eigenvalue weighted by Crippen LogP contribution is 2.37. The van der Waals surface area contributed by atoms with Crippen LogP contribution in [0.1, 0.15) is 45.7 Å². The largest absolute Gasteiger partial charge is 0.348 e. The molecule has 1 N–H and O–H groups in total. The fourth-order valence-electron chi connectivity index (χ4n) is 3.95. The van der Waals surface area contributed by atoms with Gasteiger partial charge in [0.05, 0.1) is 33.7 Å². The number of aryl methyl sites for hydroxylation is 1. The number of nitrogens with zero attached hydrogens (tertiary/aromatic N) is 2. The van der Waals surface area contributed by atoms with Crippen molar-refractivity contribution < 1.29 is 4.79 Å². The van der Waals surface area contributed by atoms with Crippen LogP contribution in [-0.4, -0.2) is 15.9 Å². The summed E-state index contributed by atoms with van der Waals surface area (Å²) in [5.74, 6) is 0.0315. The maximum Gasteiger partial charge on any atom is 0.226 e. The molecule has 0 spiro atoms. The molecule has 0 saturated carbocycles. The third-order valence-corrected chi connectivity index (χ3v) is 7.60. The van der Waals surface area contributed by atoms with Gasteiger partial charge in [0.25, 0.3) is 0 Å². The maximum absolute atomic E-state index is 12.8. The molecule has 0 aliphatic heterocycles. The van der Waals surface area contributed by atoms with Crippen LogP contribution in [0.4, 0.5) is 0 Å². The molecule has 1 aliphatic carbocycles. The summed E-state index contributed by atoms with van der Waals surface area (Å²) >= 11 is 3.33. The Hall–Kier alpha value is -2.83. The number of carbonyl (C=O) groups is 1. The Kier molecular flexibility index (Phi) is 5.91. The summed E-state index contributed by atoms with van der Waals surface area (Å²) in [5.41, 5.74) is 4.36. The molecule has 0 bridgehead atoms. The minimum absolute atomic E-state index is 0.0315. The van der Waals surface area contributed by atoms with Crippen molar-refractivity contribution >= 4 is 28.6 Å². The highest BCUT2D eigenvalue weighted by molar-refractivity contribution is 7.15. The van der Waals surface area contributed by atoms with Gasteiger partial charge in [-0.25, -0.2) is 9.97 Å². The second kappa shape index (κ2) is 9.12. The van der Waals surface area contributed by atoms with Crippen LogP contribution in [-0.2, 0) is 24.1 Å². The molecule has 4 aromatic rings. The zero-order valence-electron chi connectivity index (χ0n) is 17.1. The van der Waals surface area contributed by atoms with Gasteiger partial charge in [-0.15, -0.1) is 22.7 Å². The van der Waals surface area contributed by atoms with Crippen LogP contribution in [0, 0.1) is 0 Å². The number of aromatic nitrogens is 2. The molecule has 0 fully saturated rings. The second-order valence-corrected chi connectivity index (χ2v) is 9.75. The summed E-state index contributed by atoms with van der Waals surface area (Å²) < 4.78 is 0. The van der Waals surface area contributed by atoms with Gasteiger partial charge in [-0.2, -0.15) is 0 Å². The Balaban J connectivity index is 1.24. The number of hydrogen-bond donors (Lipinski definition) is 1. The Morgan fingerprint density at radius 3 is 2.61 bits per heavy atom. The van der Waals surface area contributed by atoms with Crippen molar-refractivity contribution in [3.05, 3.63) is 92.9 Å². The molecule has 6 heteroatoms. The van der Waals surface area contributed by atoms with Gasteiger partial charge in [-0.1, -0.05) is 60.7 Å². The fraction of sp³-hybridized carbons (Fsp3) is 0.240. The van der Waals surface area contributed by atoms with E-state index >= 15 is 0 Å². The van der Waals surface area contributed by atoms with Crippen LogP contribution in [0.3, 0.4) is 0 Å². The summed E-state index contributed by atoms with van der Waals surface area (Å²) in [6.45, 7) is 0. The zero-order chi connectivity index (χ0) is 21.0. The van der Waals surface area contributed by atoms with Gasteiger partial charge in [-0.05, 0) is 24.8 Å². The summed E-state index contributed by atoms with van der Waals surface area (Å²) in [6.07, 6.45) is 4.13. The van der Waals surface area contributed by atoms with Crippen LogP contribution in [0.25, 0.3) is 10.6 Å². The molecule has 4 nitrogen and oxygen atoms in total. The predicted molar refractivity (Wildman–Crippen MR) is 126 cm³/mol. The van der Waals surface area contributed by atoms with Crippen molar-refractivity contribution in [2.45, 2.75) is 38.1 Å². The van der Waals surface area contributed by atoms with Crippen LogP contribution in [0.5, 0.6) is 0 Å². The van der Waals surface area contributed by atoms with Gasteiger partial charge in [0.1, 0.15) is 5.01 Å². The van der Waals surface area contributed by atoms with Gasteiger partial charge in [-0.3, -0.25) is 4.79 Å². The van der Waals surface area contributed by atoms with Crippen molar-refractivity contribution in [1.82, 2.24) is 15.3 Å². The monoisotopic (exact) mass is 445 g/mol. The molecule has 1 aliphatic rings. The lowest BCUT2D eigenvalue weighted by Gasteiger charge is -2.22. The lowest BCUT2D eigenvalue weighted by molar-refractivity contribution is -0.121. The first-order chi connectivity index (χ1) is 15.2. The molecule has 31 heavy (non-hydrogen) atoms. The summed E-state index contributed by atoms with van der Waals surface area (Å²) in [5, 5.41) is 7.33. The predicted octanol–water partition coefficient (Wildman–Crippen LogP) is 5.59. The molecule has 0 radical (unpaired) electrons. The van der Waals surface area contributed by atoms with E-state index < -0.39 is 0 Å². The van der Waals surface area contributed by atoms with E-state index in [-0.39, 0.29) is 11.9 Å². The van der Waals surface area contributed by atoms with Crippen LogP contribution in [0.2, 0.25) is 0 Å². The standard InChI is InChI=1S/C25H23N3OS2/c29-22(15-19-16-30-23(26-19)14-17-8-3-1-4-9-17)27-20-12-7-13-21-24(20)31-25(28-21)18-10-5-2-6-11-18/h1-6,8-11,16,20H,7,12-15H2,(H,27,29)/t20-/m0/s1. The number of amides is 1. The third-order valence-electron chi connectivity index (χ3n) is 5.45. The topological polar surface area (TPSA) is 54.9 Å². The van der Waals surface area contributed by atoms with E-state index in [4.69, 9.17) is 4.98 Å². The molecule has 1 amide bonds. The minimum Gasteiger partial charge on any atom is -0.348 e. The normalized spacial score (nSPS) is 15.4. The molecule has 2 heterocycles. The maximum atomic E-state index is 12.8. The van der Waals surface area contributed by atoms with E-state index in [0.29, 0.717) is 6.42 Å². The van der Waals surface area contributed by atoms with Gasteiger partial charge < -0.3 is 5.32 Å². The van der Waals surface area contributed by atoms with E-state index in [0.717, 1.165) is 52.6 Å². The van der Waals surface area contributed by atoms with Crippen LogP contribution in [0.15, 0.2) is 66.0 Å². The van der Waals surface area contributed by atoms with E-state index in [1.807, 2.05) is 41.8 Å². The van der Waals surface area contributed by atoms with Crippen molar-refractivity contribution in [2.24, 2.45) is 0 Å². The fourth-order valence-corrected chi connectivity index (χ4v) is 5.98. The molecular formula is C25H23N3OS2. The van der Waals surface area contributed by atoms with Crippen molar-refractivity contribution in [2.75, 3.05) is 0 Å². The Morgan fingerprint density at radius 2 is 1.81 bits per heavy atom.